The van der Waals surface area contributed by atoms with E-state index in [2.05, 4.69) is 21.2 Å². The van der Waals surface area contributed by atoms with Gasteiger partial charge in [0.05, 0.1) is 17.5 Å². The summed E-state index contributed by atoms with van der Waals surface area (Å²) in [6.07, 6.45) is 2.84. The Morgan fingerprint density at radius 2 is 2.00 bits per heavy atom. The van der Waals surface area contributed by atoms with Gasteiger partial charge in [0, 0.05) is 4.47 Å². The average Bonchev–Trinajstić information content (AvgIpc) is 2.75. The van der Waals surface area contributed by atoms with Gasteiger partial charge in [-0.2, -0.15) is 0 Å². The quantitative estimate of drug-likeness (QED) is 0.882. The van der Waals surface area contributed by atoms with Gasteiger partial charge in [-0.1, -0.05) is 28.8 Å². The molecular weight excluding hydrogens is 329 g/mol. The molecule has 2 rings (SSSR count). The fourth-order valence-electron chi connectivity index (χ4n) is 2.67. The van der Waals surface area contributed by atoms with Gasteiger partial charge in [0.25, 0.3) is 5.91 Å². The van der Waals surface area contributed by atoms with Gasteiger partial charge in [0.1, 0.15) is 5.82 Å². The lowest BCUT2D eigenvalue weighted by atomic mass is 9.92. The minimum Gasteiger partial charge on any atom is -0.481 e. The van der Waals surface area contributed by atoms with E-state index in [1.54, 1.807) is 6.07 Å². The number of aliphatic carboxylic acids is 1. The van der Waals surface area contributed by atoms with Gasteiger partial charge < -0.3 is 10.4 Å². The molecule has 0 bridgehead atoms. The molecule has 0 aliphatic heterocycles. The third kappa shape index (κ3) is 3.36. The SMILES string of the molecule is O=C(O)CC1(NC(=O)c2ccc(Br)cc2F)CCCC1. The zero-order valence-corrected chi connectivity index (χ0v) is 12.4. The number of carboxylic acid groups (broad SMARTS) is 1. The number of carbonyl (C=O) groups excluding carboxylic acids is 1. The van der Waals surface area contributed by atoms with Crippen molar-refractivity contribution >= 4 is 27.8 Å². The molecule has 1 amide bonds. The molecule has 0 atom stereocenters. The second kappa shape index (κ2) is 5.91. The second-order valence-corrected chi connectivity index (χ2v) is 6.05. The van der Waals surface area contributed by atoms with Crippen LogP contribution in [0.25, 0.3) is 0 Å². The first-order chi connectivity index (χ1) is 9.42. The zero-order chi connectivity index (χ0) is 14.8. The van der Waals surface area contributed by atoms with Crippen molar-refractivity contribution in [1.82, 2.24) is 5.32 Å². The van der Waals surface area contributed by atoms with Gasteiger partial charge in [-0.3, -0.25) is 9.59 Å². The number of nitrogens with one attached hydrogen (secondary N) is 1. The van der Waals surface area contributed by atoms with E-state index >= 15 is 0 Å². The first kappa shape index (κ1) is 15.0. The van der Waals surface area contributed by atoms with Crippen LogP contribution >= 0.6 is 15.9 Å². The monoisotopic (exact) mass is 343 g/mol. The van der Waals surface area contributed by atoms with Gasteiger partial charge in [0.2, 0.25) is 0 Å². The largest absolute Gasteiger partial charge is 0.481 e. The molecule has 0 heterocycles. The molecule has 1 saturated carbocycles. The van der Waals surface area contributed by atoms with Crippen molar-refractivity contribution in [2.45, 2.75) is 37.6 Å². The molecule has 1 fully saturated rings. The van der Waals surface area contributed by atoms with Crippen LogP contribution in [0.5, 0.6) is 0 Å². The Hall–Kier alpha value is -1.43. The Balaban J connectivity index is 2.18. The van der Waals surface area contributed by atoms with Crippen molar-refractivity contribution in [1.29, 1.82) is 0 Å². The Labute approximate surface area is 124 Å². The van der Waals surface area contributed by atoms with Gasteiger partial charge in [-0.15, -0.1) is 0 Å². The summed E-state index contributed by atoms with van der Waals surface area (Å²) in [5, 5.41) is 11.7. The van der Waals surface area contributed by atoms with E-state index < -0.39 is 23.2 Å². The predicted octanol–water partition coefficient (Wildman–Crippen LogP) is 3.11. The van der Waals surface area contributed by atoms with E-state index in [1.807, 2.05) is 0 Å². The van der Waals surface area contributed by atoms with Crippen LogP contribution in [-0.2, 0) is 4.79 Å². The topological polar surface area (TPSA) is 66.4 Å². The van der Waals surface area contributed by atoms with E-state index in [9.17, 15) is 14.0 Å². The van der Waals surface area contributed by atoms with Crippen LogP contribution in [0.2, 0.25) is 0 Å². The maximum absolute atomic E-state index is 13.8. The molecule has 1 aromatic rings. The van der Waals surface area contributed by atoms with E-state index in [0.29, 0.717) is 17.3 Å². The minimum absolute atomic E-state index is 0.0649. The van der Waals surface area contributed by atoms with Gasteiger partial charge in [-0.05, 0) is 31.0 Å². The highest BCUT2D eigenvalue weighted by molar-refractivity contribution is 9.10. The second-order valence-electron chi connectivity index (χ2n) is 5.14. The van der Waals surface area contributed by atoms with E-state index in [-0.39, 0.29) is 12.0 Å². The number of amides is 1. The third-order valence-electron chi connectivity index (χ3n) is 3.60. The van der Waals surface area contributed by atoms with Crippen molar-refractivity contribution in [2.24, 2.45) is 0 Å². The molecule has 0 unspecified atom stereocenters. The summed E-state index contributed by atoms with van der Waals surface area (Å²) in [4.78, 5) is 23.1. The number of rotatable bonds is 4. The summed E-state index contributed by atoms with van der Waals surface area (Å²) >= 11 is 3.13. The molecule has 0 spiro atoms. The molecule has 4 nitrogen and oxygen atoms in total. The van der Waals surface area contributed by atoms with Crippen LogP contribution in [0.3, 0.4) is 0 Å². The van der Waals surface area contributed by atoms with Crippen LogP contribution in [0.4, 0.5) is 4.39 Å². The van der Waals surface area contributed by atoms with Crippen LogP contribution in [-0.4, -0.2) is 22.5 Å². The van der Waals surface area contributed by atoms with Crippen molar-refractivity contribution in [3.8, 4) is 0 Å². The van der Waals surface area contributed by atoms with E-state index in [0.717, 1.165) is 12.8 Å². The zero-order valence-electron chi connectivity index (χ0n) is 10.8. The van der Waals surface area contributed by atoms with Crippen LogP contribution in [0.15, 0.2) is 22.7 Å². The average molecular weight is 344 g/mol. The molecule has 1 aromatic carbocycles. The summed E-state index contributed by atoms with van der Waals surface area (Å²) in [5.74, 6) is -2.14. The fourth-order valence-corrected chi connectivity index (χ4v) is 3.00. The van der Waals surface area contributed by atoms with E-state index in [4.69, 9.17) is 5.11 Å². The summed E-state index contributed by atoms with van der Waals surface area (Å²) in [7, 11) is 0. The molecule has 1 aliphatic carbocycles. The molecule has 1 aliphatic rings. The summed E-state index contributed by atoms with van der Waals surface area (Å²) < 4.78 is 14.3. The Bertz CT molecular complexity index is 541. The summed E-state index contributed by atoms with van der Waals surface area (Å²) in [5.41, 5.74) is -0.813. The maximum Gasteiger partial charge on any atom is 0.305 e. The molecular formula is C14H15BrFNO3. The third-order valence-corrected chi connectivity index (χ3v) is 4.10. The Kier molecular flexibility index (Phi) is 4.42. The van der Waals surface area contributed by atoms with Crippen molar-refractivity contribution in [3.05, 3.63) is 34.1 Å². The lowest BCUT2D eigenvalue weighted by Gasteiger charge is -2.28. The number of benzene rings is 1. The van der Waals surface area contributed by atoms with E-state index in [1.165, 1.54) is 12.1 Å². The first-order valence-corrected chi connectivity index (χ1v) is 7.21. The normalized spacial score (nSPS) is 16.9. The number of hydrogen-bond acceptors (Lipinski definition) is 2. The van der Waals surface area contributed by atoms with Gasteiger partial charge >= 0.3 is 5.97 Å². The van der Waals surface area contributed by atoms with Crippen molar-refractivity contribution in [3.63, 3.8) is 0 Å². The first-order valence-electron chi connectivity index (χ1n) is 6.41. The molecule has 108 valence electrons. The number of halogens is 2. The maximum atomic E-state index is 13.8. The Morgan fingerprint density at radius 3 is 2.55 bits per heavy atom. The molecule has 0 aromatic heterocycles. The number of carboxylic acids is 1. The highest BCUT2D eigenvalue weighted by atomic mass is 79.9. The smallest absolute Gasteiger partial charge is 0.305 e. The molecule has 2 N–H and O–H groups in total. The lowest BCUT2D eigenvalue weighted by Crippen LogP contribution is -2.48. The molecule has 6 heteroatoms. The van der Waals surface area contributed by atoms with Crippen LogP contribution in [0, 0.1) is 5.82 Å². The molecule has 20 heavy (non-hydrogen) atoms. The summed E-state index contributed by atoms with van der Waals surface area (Å²) in [6.45, 7) is 0. The molecule has 0 saturated heterocycles. The van der Waals surface area contributed by atoms with Crippen molar-refractivity contribution in [2.75, 3.05) is 0 Å². The fraction of sp³-hybridized carbons (Fsp3) is 0.429. The van der Waals surface area contributed by atoms with Gasteiger partial charge in [-0.25, -0.2) is 4.39 Å². The summed E-state index contributed by atoms with van der Waals surface area (Å²) in [6, 6.07) is 4.18. The van der Waals surface area contributed by atoms with Crippen molar-refractivity contribution < 1.29 is 19.1 Å². The number of hydrogen-bond donors (Lipinski definition) is 2. The predicted molar refractivity (Wildman–Crippen MR) is 75.0 cm³/mol. The van der Waals surface area contributed by atoms with Gasteiger partial charge in [0.15, 0.2) is 0 Å². The highest BCUT2D eigenvalue weighted by Crippen LogP contribution is 2.33. The highest BCUT2D eigenvalue weighted by Gasteiger charge is 2.37. The van der Waals surface area contributed by atoms with Crippen LogP contribution < -0.4 is 5.32 Å². The minimum atomic E-state index is -0.955. The Morgan fingerprint density at radius 1 is 1.35 bits per heavy atom. The molecule has 0 radical (unpaired) electrons. The standard InChI is InChI=1S/C14H15BrFNO3/c15-9-3-4-10(11(16)7-9)13(20)17-14(8-12(18)19)5-1-2-6-14/h3-4,7H,1-2,5-6,8H2,(H,17,20)(H,18,19). The number of carbonyl (C=O) groups is 2. The van der Waals surface area contributed by atoms with Crippen LogP contribution in [0.1, 0.15) is 42.5 Å². The lowest BCUT2D eigenvalue weighted by molar-refractivity contribution is -0.138.